The van der Waals surface area contributed by atoms with Crippen molar-refractivity contribution in [2.75, 3.05) is 20.2 Å². The first-order valence-corrected chi connectivity index (χ1v) is 11.8. The van der Waals surface area contributed by atoms with Crippen LogP contribution < -0.4 is 4.74 Å². The molecule has 0 saturated carbocycles. The van der Waals surface area contributed by atoms with Gasteiger partial charge in [0.2, 0.25) is 0 Å². The number of rotatable bonds is 6. The average molecular weight is 479 g/mol. The minimum Gasteiger partial charge on any atom is -0.497 e. The van der Waals surface area contributed by atoms with Crippen LogP contribution in [0.15, 0.2) is 83.3 Å². The van der Waals surface area contributed by atoms with Crippen LogP contribution >= 0.6 is 15.9 Å². The van der Waals surface area contributed by atoms with Gasteiger partial charge in [0.05, 0.1) is 13.2 Å². The maximum Gasteiger partial charge on any atom is 0.119 e. The van der Waals surface area contributed by atoms with Crippen molar-refractivity contribution in [3.8, 4) is 5.75 Å². The molecule has 1 saturated heterocycles. The molecule has 3 atom stereocenters. The Bertz CT molecular complexity index is 976. The van der Waals surface area contributed by atoms with Crippen LogP contribution in [0.2, 0.25) is 0 Å². The van der Waals surface area contributed by atoms with E-state index < -0.39 is 0 Å². The highest BCUT2D eigenvalue weighted by atomic mass is 79.9. The molecule has 0 amide bonds. The van der Waals surface area contributed by atoms with Gasteiger partial charge >= 0.3 is 0 Å². The highest BCUT2D eigenvalue weighted by Crippen LogP contribution is 2.35. The molecule has 0 radical (unpaired) electrons. The van der Waals surface area contributed by atoms with Gasteiger partial charge in [0.25, 0.3) is 0 Å². The van der Waals surface area contributed by atoms with Crippen LogP contribution in [0, 0.1) is 0 Å². The lowest BCUT2D eigenvalue weighted by atomic mass is 9.93. The van der Waals surface area contributed by atoms with Gasteiger partial charge in [-0.05, 0) is 54.8 Å². The highest BCUT2D eigenvalue weighted by molar-refractivity contribution is 9.10. The number of benzene rings is 3. The summed E-state index contributed by atoms with van der Waals surface area (Å²) in [7, 11) is 1.74. The third-order valence-electron chi connectivity index (χ3n) is 6.32. The summed E-state index contributed by atoms with van der Waals surface area (Å²) in [6.07, 6.45) is 0. The van der Waals surface area contributed by atoms with E-state index in [0.717, 1.165) is 29.9 Å². The van der Waals surface area contributed by atoms with Gasteiger partial charge in [-0.2, -0.15) is 0 Å². The molecule has 0 aromatic heterocycles. The first-order chi connectivity index (χ1) is 15.0. The monoisotopic (exact) mass is 478 g/mol. The van der Waals surface area contributed by atoms with Crippen molar-refractivity contribution in [1.29, 1.82) is 0 Å². The van der Waals surface area contributed by atoms with E-state index in [1.165, 1.54) is 16.7 Å². The molecule has 1 aliphatic heterocycles. The number of ether oxygens (including phenoxy) is 1. The molecular formula is C27H31BrN2O. The van der Waals surface area contributed by atoms with Crippen molar-refractivity contribution in [2.45, 2.75) is 38.5 Å². The van der Waals surface area contributed by atoms with Gasteiger partial charge in [-0.25, -0.2) is 0 Å². The van der Waals surface area contributed by atoms with Crippen molar-refractivity contribution < 1.29 is 4.74 Å². The third-order valence-corrected chi connectivity index (χ3v) is 6.85. The van der Waals surface area contributed by atoms with Gasteiger partial charge in [0.1, 0.15) is 5.75 Å². The second kappa shape index (κ2) is 9.99. The number of hydrogen-bond acceptors (Lipinski definition) is 3. The minimum atomic E-state index is 0.194. The molecule has 0 N–H and O–H groups in total. The molecule has 1 heterocycles. The lowest BCUT2D eigenvalue weighted by Gasteiger charge is -2.47. The summed E-state index contributed by atoms with van der Waals surface area (Å²) >= 11 is 3.59. The summed E-state index contributed by atoms with van der Waals surface area (Å²) in [4.78, 5) is 5.27. The van der Waals surface area contributed by atoms with Gasteiger partial charge < -0.3 is 4.74 Å². The molecule has 3 aromatic rings. The van der Waals surface area contributed by atoms with Crippen LogP contribution in [0.5, 0.6) is 5.75 Å². The van der Waals surface area contributed by atoms with Gasteiger partial charge in [0, 0.05) is 36.2 Å². The standard InChI is InChI=1S/C27H31BrN2O/c1-20-18-30(21(2)17-29(20)19-22-8-5-4-6-9-22)27(23-12-14-25(28)15-13-23)24-10-7-11-26(16-24)31-3/h4-16,20-21,27H,17-19H2,1-3H3. The zero-order valence-electron chi connectivity index (χ0n) is 18.5. The maximum absolute atomic E-state index is 5.54. The van der Waals surface area contributed by atoms with Crippen molar-refractivity contribution in [2.24, 2.45) is 0 Å². The van der Waals surface area contributed by atoms with E-state index in [9.17, 15) is 0 Å². The number of methoxy groups -OCH3 is 1. The Labute approximate surface area is 194 Å². The fourth-order valence-corrected chi connectivity index (χ4v) is 4.92. The second-order valence-electron chi connectivity index (χ2n) is 8.54. The van der Waals surface area contributed by atoms with Gasteiger partial charge in [-0.1, -0.05) is 70.5 Å². The topological polar surface area (TPSA) is 15.7 Å². The Hall–Kier alpha value is -2.14. The van der Waals surface area contributed by atoms with Crippen LogP contribution in [0.1, 0.15) is 36.6 Å². The van der Waals surface area contributed by atoms with E-state index in [0.29, 0.717) is 12.1 Å². The molecule has 3 nitrogen and oxygen atoms in total. The zero-order chi connectivity index (χ0) is 21.8. The molecule has 1 fully saturated rings. The van der Waals surface area contributed by atoms with Crippen molar-refractivity contribution >= 4 is 15.9 Å². The molecule has 0 spiro atoms. The third kappa shape index (κ3) is 5.20. The quantitative estimate of drug-likeness (QED) is 0.422. The van der Waals surface area contributed by atoms with Crippen LogP contribution in [0.4, 0.5) is 0 Å². The van der Waals surface area contributed by atoms with Crippen LogP contribution in [0.3, 0.4) is 0 Å². The number of halogens is 1. The molecule has 3 aromatic carbocycles. The van der Waals surface area contributed by atoms with E-state index >= 15 is 0 Å². The van der Waals surface area contributed by atoms with Crippen molar-refractivity contribution in [1.82, 2.24) is 9.80 Å². The van der Waals surface area contributed by atoms with E-state index in [2.05, 4.69) is 112 Å². The Kier molecular flexibility index (Phi) is 7.11. The van der Waals surface area contributed by atoms with Crippen LogP contribution in [-0.4, -0.2) is 42.1 Å². The zero-order valence-corrected chi connectivity index (χ0v) is 20.1. The molecule has 31 heavy (non-hydrogen) atoms. The SMILES string of the molecule is COc1cccc(C(c2ccc(Br)cc2)N2CC(C)N(Cc3ccccc3)CC2C)c1. The Morgan fingerprint density at radius 2 is 1.61 bits per heavy atom. The highest BCUT2D eigenvalue weighted by Gasteiger charge is 2.34. The molecule has 3 unspecified atom stereocenters. The molecule has 0 bridgehead atoms. The normalized spacial score (nSPS) is 21.0. The van der Waals surface area contributed by atoms with E-state index in [4.69, 9.17) is 4.74 Å². The smallest absolute Gasteiger partial charge is 0.119 e. The predicted octanol–water partition coefficient (Wildman–Crippen LogP) is 6.14. The lowest BCUT2D eigenvalue weighted by Crippen LogP contribution is -2.56. The minimum absolute atomic E-state index is 0.194. The Morgan fingerprint density at radius 1 is 0.871 bits per heavy atom. The first-order valence-electron chi connectivity index (χ1n) is 11.0. The fourth-order valence-electron chi connectivity index (χ4n) is 4.65. The van der Waals surface area contributed by atoms with E-state index in [1.54, 1.807) is 7.11 Å². The fraction of sp³-hybridized carbons (Fsp3) is 0.333. The number of nitrogens with zero attached hydrogens (tertiary/aromatic N) is 2. The second-order valence-corrected chi connectivity index (χ2v) is 9.46. The van der Waals surface area contributed by atoms with E-state index in [1.807, 2.05) is 6.07 Å². The van der Waals surface area contributed by atoms with Crippen LogP contribution in [0.25, 0.3) is 0 Å². The van der Waals surface area contributed by atoms with Crippen molar-refractivity contribution in [3.05, 3.63) is 100 Å². The summed E-state index contributed by atoms with van der Waals surface area (Å²) in [5.74, 6) is 0.906. The summed E-state index contributed by atoms with van der Waals surface area (Å²) < 4.78 is 6.65. The molecule has 1 aliphatic rings. The molecule has 4 heteroatoms. The van der Waals surface area contributed by atoms with Gasteiger partial charge in [0.15, 0.2) is 0 Å². The predicted molar refractivity (Wildman–Crippen MR) is 131 cm³/mol. The summed E-state index contributed by atoms with van der Waals surface area (Å²) in [6.45, 7) is 7.78. The lowest BCUT2D eigenvalue weighted by molar-refractivity contribution is 0.0195. The molecule has 4 rings (SSSR count). The van der Waals surface area contributed by atoms with Gasteiger partial charge in [-0.15, -0.1) is 0 Å². The largest absolute Gasteiger partial charge is 0.497 e. The average Bonchev–Trinajstić information content (AvgIpc) is 2.79. The summed E-state index contributed by atoms with van der Waals surface area (Å²) in [6, 6.07) is 29.2. The molecule has 162 valence electrons. The molecule has 0 aliphatic carbocycles. The van der Waals surface area contributed by atoms with Gasteiger partial charge in [-0.3, -0.25) is 9.80 Å². The summed E-state index contributed by atoms with van der Waals surface area (Å²) in [5.41, 5.74) is 3.97. The number of piperazine rings is 1. The number of hydrogen-bond donors (Lipinski definition) is 0. The molecular weight excluding hydrogens is 448 g/mol. The Balaban J connectivity index is 1.63. The van der Waals surface area contributed by atoms with Crippen molar-refractivity contribution in [3.63, 3.8) is 0 Å². The Morgan fingerprint density at radius 3 is 2.32 bits per heavy atom. The maximum atomic E-state index is 5.54. The first kappa shape index (κ1) is 22.1. The summed E-state index contributed by atoms with van der Waals surface area (Å²) in [5, 5.41) is 0. The van der Waals surface area contributed by atoms with E-state index in [-0.39, 0.29) is 6.04 Å². The van der Waals surface area contributed by atoms with Crippen LogP contribution in [-0.2, 0) is 6.54 Å².